The predicted molar refractivity (Wildman–Crippen MR) is 110 cm³/mol. The van der Waals surface area contributed by atoms with Crippen molar-refractivity contribution in [2.75, 3.05) is 20.1 Å². The maximum atomic E-state index is 12.8. The second kappa shape index (κ2) is 8.03. The van der Waals surface area contributed by atoms with Gasteiger partial charge in [0.15, 0.2) is 0 Å². The van der Waals surface area contributed by atoms with E-state index in [4.69, 9.17) is 28.9 Å². The molecule has 1 unspecified atom stereocenters. The second-order valence-electron chi connectivity index (χ2n) is 7.91. The molecule has 3 atom stereocenters. The molecule has 2 N–H and O–H groups in total. The molecule has 6 nitrogen and oxygen atoms in total. The third-order valence-electron chi connectivity index (χ3n) is 6.13. The van der Waals surface area contributed by atoms with E-state index < -0.39 is 0 Å². The van der Waals surface area contributed by atoms with Gasteiger partial charge in [0.2, 0.25) is 0 Å². The number of halogens is 2. The summed E-state index contributed by atoms with van der Waals surface area (Å²) < 4.78 is 1.33. The number of nitrogens with two attached hydrogens (primary N) is 1. The van der Waals surface area contributed by atoms with Crippen LogP contribution in [-0.4, -0.2) is 51.8 Å². The van der Waals surface area contributed by atoms with Crippen molar-refractivity contribution < 1.29 is 4.79 Å². The van der Waals surface area contributed by atoms with Crippen molar-refractivity contribution in [2.24, 2.45) is 17.6 Å². The quantitative estimate of drug-likeness (QED) is 0.820. The topological polar surface area (TPSA) is 67.4 Å². The molecule has 150 valence electrons. The Morgan fingerprint density at radius 3 is 2.50 bits per heavy atom. The van der Waals surface area contributed by atoms with Gasteiger partial charge in [-0.05, 0) is 43.4 Å². The third kappa shape index (κ3) is 3.79. The number of hydrogen-bond donors (Lipinski definition) is 1. The van der Waals surface area contributed by atoms with Crippen molar-refractivity contribution >= 4 is 29.2 Å². The summed E-state index contributed by atoms with van der Waals surface area (Å²) in [5, 5.41) is 5.47. The molecule has 2 aromatic rings. The van der Waals surface area contributed by atoms with E-state index in [1.807, 2.05) is 23.1 Å². The number of rotatable bonds is 4. The van der Waals surface area contributed by atoms with Crippen LogP contribution in [0.3, 0.4) is 0 Å². The third-order valence-corrected chi connectivity index (χ3v) is 6.81. The Labute approximate surface area is 175 Å². The van der Waals surface area contributed by atoms with E-state index in [2.05, 4.69) is 23.1 Å². The van der Waals surface area contributed by atoms with E-state index in [-0.39, 0.29) is 12.6 Å². The lowest BCUT2D eigenvalue weighted by Crippen LogP contribution is -2.36. The van der Waals surface area contributed by atoms with E-state index >= 15 is 0 Å². The van der Waals surface area contributed by atoms with Gasteiger partial charge in [0.05, 0.1) is 16.9 Å². The van der Waals surface area contributed by atoms with E-state index in [0.717, 1.165) is 43.1 Å². The lowest BCUT2D eigenvalue weighted by atomic mass is 10.0. The molecule has 2 heterocycles. The highest BCUT2D eigenvalue weighted by Gasteiger charge is 2.43. The van der Waals surface area contributed by atoms with Gasteiger partial charge in [-0.15, -0.1) is 0 Å². The summed E-state index contributed by atoms with van der Waals surface area (Å²) >= 11 is 12.4. The van der Waals surface area contributed by atoms with Crippen molar-refractivity contribution in [3.63, 3.8) is 0 Å². The highest BCUT2D eigenvalue weighted by molar-refractivity contribution is 6.31. The summed E-state index contributed by atoms with van der Waals surface area (Å²) in [6, 6.07) is 8.42. The average molecular weight is 422 g/mol. The molecular weight excluding hydrogens is 397 g/mol. The Hall–Kier alpha value is -1.60. The predicted octanol–water partition coefficient (Wildman–Crippen LogP) is 3.46. The monoisotopic (exact) mass is 421 g/mol. The molecular formula is C20H25Cl2N5O. The van der Waals surface area contributed by atoms with Gasteiger partial charge in [0.25, 0.3) is 0 Å². The van der Waals surface area contributed by atoms with E-state index in [0.29, 0.717) is 28.6 Å². The van der Waals surface area contributed by atoms with Crippen LogP contribution in [0.15, 0.2) is 30.5 Å². The smallest absolute Gasteiger partial charge is 0.325 e. The molecule has 8 heteroatoms. The van der Waals surface area contributed by atoms with Crippen LogP contribution in [0.4, 0.5) is 4.79 Å². The molecule has 1 aromatic heterocycles. The number of amides is 1. The normalized spacial score (nSPS) is 24.2. The summed E-state index contributed by atoms with van der Waals surface area (Å²) in [5.41, 5.74) is 7.31. The van der Waals surface area contributed by atoms with Gasteiger partial charge in [0, 0.05) is 37.2 Å². The fraction of sp³-hybridized carbons (Fsp3) is 0.500. The van der Waals surface area contributed by atoms with Gasteiger partial charge in [-0.3, -0.25) is 4.90 Å². The van der Waals surface area contributed by atoms with Gasteiger partial charge in [0.1, 0.15) is 0 Å². The zero-order chi connectivity index (χ0) is 19.8. The number of likely N-dealkylation sites (tertiary alicyclic amines) is 1. The number of carbonyl (C=O) groups excluding carboxylic acids is 1. The van der Waals surface area contributed by atoms with Gasteiger partial charge in [-0.25, -0.2) is 4.79 Å². The maximum absolute atomic E-state index is 12.8. The summed E-state index contributed by atoms with van der Waals surface area (Å²) in [6.07, 6.45) is 3.76. The van der Waals surface area contributed by atoms with Crippen LogP contribution in [0.1, 0.15) is 24.1 Å². The molecule has 1 amide bonds. The minimum atomic E-state index is -0.114. The number of nitrogens with zero attached hydrogens (tertiary/aromatic N) is 4. The number of carbonyl (C=O) groups is 1. The largest absolute Gasteiger partial charge is 0.344 e. The lowest BCUT2D eigenvalue weighted by molar-refractivity contribution is 0.192. The molecule has 1 aromatic carbocycles. The minimum absolute atomic E-state index is 0.114. The van der Waals surface area contributed by atoms with Gasteiger partial charge in [-0.2, -0.15) is 9.78 Å². The first-order valence-corrected chi connectivity index (χ1v) is 10.4. The van der Waals surface area contributed by atoms with E-state index in [9.17, 15) is 4.79 Å². The lowest BCUT2D eigenvalue weighted by Gasteiger charge is -2.26. The van der Waals surface area contributed by atoms with Crippen molar-refractivity contribution in [1.29, 1.82) is 0 Å². The van der Waals surface area contributed by atoms with Crippen molar-refractivity contribution in [3.8, 4) is 0 Å². The number of benzene rings is 1. The van der Waals surface area contributed by atoms with Crippen molar-refractivity contribution in [2.45, 2.75) is 32.0 Å². The Balaban J connectivity index is 1.35. The molecule has 2 aliphatic rings. The SMILES string of the molecule is CN(Cc1ccccc1Cl)C1C[C@@H]2CN(C(=O)n3cc(Cl)c(CN)n3)C[C@@H]2C1. The maximum Gasteiger partial charge on any atom is 0.344 e. The molecule has 0 radical (unpaired) electrons. The highest BCUT2D eigenvalue weighted by atomic mass is 35.5. The standard InChI is InChI=1S/C20H25Cl2N5O/c1-25(9-13-4-2-3-5-17(13)21)16-6-14-10-26(11-15(14)7-16)20(28)27-12-18(22)19(8-23)24-27/h2-5,12,14-16H,6-11,23H2,1H3/t14-,15+,16?. The summed E-state index contributed by atoms with van der Waals surface area (Å²) in [5.74, 6) is 1.06. The van der Waals surface area contributed by atoms with Crippen LogP contribution in [0.5, 0.6) is 0 Å². The van der Waals surface area contributed by atoms with Crippen LogP contribution < -0.4 is 5.73 Å². The first-order chi connectivity index (χ1) is 13.5. The van der Waals surface area contributed by atoms with Crippen LogP contribution in [-0.2, 0) is 13.1 Å². The zero-order valence-electron chi connectivity index (χ0n) is 15.9. The van der Waals surface area contributed by atoms with Gasteiger partial charge >= 0.3 is 6.03 Å². The van der Waals surface area contributed by atoms with E-state index in [1.54, 1.807) is 6.20 Å². The van der Waals surface area contributed by atoms with Crippen LogP contribution >= 0.6 is 23.2 Å². The Morgan fingerprint density at radius 2 is 1.89 bits per heavy atom. The average Bonchev–Trinajstić information content (AvgIpc) is 3.35. The molecule has 1 saturated carbocycles. The Morgan fingerprint density at radius 1 is 1.21 bits per heavy atom. The zero-order valence-corrected chi connectivity index (χ0v) is 17.4. The van der Waals surface area contributed by atoms with Crippen molar-refractivity contribution in [3.05, 3.63) is 51.8 Å². The van der Waals surface area contributed by atoms with Crippen LogP contribution in [0.25, 0.3) is 0 Å². The molecule has 4 rings (SSSR count). The molecule has 2 fully saturated rings. The summed E-state index contributed by atoms with van der Waals surface area (Å²) in [4.78, 5) is 17.0. The van der Waals surface area contributed by atoms with Crippen LogP contribution in [0, 0.1) is 11.8 Å². The fourth-order valence-corrected chi connectivity index (χ4v) is 4.98. The molecule has 1 aliphatic heterocycles. The second-order valence-corrected chi connectivity index (χ2v) is 8.73. The highest BCUT2D eigenvalue weighted by Crippen LogP contribution is 2.40. The fourth-order valence-electron chi connectivity index (χ4n) is 4.58. The number of aromatic nitrogens is 2. The minimum Gasteiger partial charge on any atom is -0.325 e. The van der Waals surface area contributed by atoms with Crippen LogP contribution in [0.2, 0.25) is 10.0 Å². The number of hydrogen-bond acceptors (Lipinski definition) is 4. The van der Waals surface area contributed by atoms with Crippen molar-refractivity contribution in [1.82, 2.24) is 19.6 Å². The first-order valence-electron chi connectivity index (χ1n) is 9.63. The number of fused-ring (bicyclic) bond motifs is 1. The summed E-state index contributed by atoms with van der Waals surface area (Å²) in [6.45, 7) is 2.62. The first kappa shape index (κ1) is 19.7. The summed E-state index contributed by atoms with van der Waals surface area (Å²) in [7, 11) is 2.16. The van der Waals surface area contributed by atoms with Gasteiger partial charge in [-0.1, -0.05) is 41.4 Å². The Bertz CT molecular complexity index is 856. The molecule has 1 aliphatic carbocycles. The molecule has 0 spiro atoms. The van der Waals surface area contributed by atoms with Gasteiger partial charge < -0.3 is 10.6 Å². The molecule has 1 saturated heterocycles. The van der Waals surface area contributed by atoms with E-state index in [1.165, 1.54) is 4.68 Å². The molecule has 28 heavy (non-hydrogen) atoms. The molecule has 0 bridgehead atoms. The Kier molecular flexibility index (Phi) is 5.65.